The first-order valence-electron chi connectivity index (χ1n) is 6.25. The van der Waals surface area contributed by atoms with Crippen molar-refractivity contribution in [3.05, 3.63) is 70.4 Å². The molecule has 102 valence electrons. The number of carbonyl (C=O) groups is 1. The summed E-state index contributed by atoms with van der Waals surface area (Å²) in [6.45, 7) is -0.0492. The van der Waals surface area contributed by atoms with E-state index in [4.69, 9.17) is 5.26 Å². The van der Waals surface area contributed by atoms with Gasteiger partial charge in [-0.25, -0.2) is 4.52 Å². The Morgan fingerprint density at radius 1 is 1.19 bits per heavy atom. The fraction of sp³-hybridized carbons (Fsp3) is 0.0667. The van der Waals surface area contributed by atoms with Crippen LogP contribution in [0.15, 0.2) is 53.7 Å². The molecule has 3 aromatic rings. The Morgan fingerprint density at radius 3 is 2.67 bits per heavy atom. The zero-order chi connectivity index (χ0) is 14.8. The smallest absolute Gasteiger partial charge is 0.276 e. The summed E-state index contributed by atoms with van der Waals surface area (Å²) in [5, 5.41) is 12.7. The van der Waals surface area contributed by atoms with Crippen LogP contribution in [0.2, 0.25) is 0 Å². The molecule has 0 saturated carbocycles. The van der Waals surface area contributed by atoms with Crippen LogP contribution in [0, 0.1) is 11.3 Å². The quantitative estimate of drug-likeness (QED) is 0.675. The average Bonchev–Trinajstić information content (AvgIpc) is 2.99. The van der Waals surface area contributed by atoms with Gasteiger partial charge in [0.15, 0.2) is 5.78 Å². The molecule has 0 saturated heterocycles. The summed E-state index contributed by atoms with van der Waals surface area (Å²) in [6.07, 6.45) is 4.69. The number of nitrogens with zero attached hydrogens (tertiary/aromatic N) is 4. The van der Waals surface area contributed by atoms with Crippen molar-refractivity contribution in [2.45, 2.75) is 6.54 Å². The summed E-state index contributed by atoms with van der Waals surface area (Å²) >= 11 is 0. The second-order valence-corrected chi connectivity index (χ2v) is 4.50. The van der Waals surface area contributed by atoms with Crippen molar-refractivity contribution < 1.29 is 4.79 Å². The second-order valence-electron chi connectivity index (χ2n) is 4.50. The van der Waals surface area contributed by atoms with E-state index in [1.807, 2.05) is 6.07 Å². The summed E-state index contributed by atoms with van der Waals surface area (Å²) in [5.41, 5.74) is 1.11. The molecule has 0 bridgehead atoms. The lowest BCUT2D eigenvalue weighted by atomic mass is 10.1. The normalized spacial score (nSPS) is 10.4. The lowest BCUT2D eigenvalue weighted by Crippen LogP contribution is -2.25. The molecule has 0 aliphatic heterocycles. The largest absolute Gasteiger partial charge is 0.304 e. The highest BCUT2D eigenvalue weighted by Crippen LogP contribution is 2.05. The molecule has 0 aliphatic carbocycles. The number of aromatic nitrogens is 3. The molecule has 0 atom stereocenters. The van der Waals surface area contributed by atoms with Gasteiger partial charge in [-0.2, -0.15) is 10.4 Å². The maximum absolute atomic E-state index is 12.2. The van der Waals surface area contributed by atoms with Gasteiger partial charge in [0.2, 0.25) is 0 Å². The molecule has 0 radical (unpaired) electrons. The highest BCUT2D eigenvalue weighted by Gasteiger charge is 2.10. The van der Waals surface area contributed by atoms with Crippen LogP contribution in [0.25, 0.3) is 5.52 Å². The molecular weight excluding hydrogens is 268 g/mol. The van der Waals surface area contributed by atoms with Crippen molar-refractivity contribution in [3.8, 4) is 6.07 Å². The Morgan fingerprint density at radius 2 is 1.95 bits per heavy atom. The van der Waals surface area contributed by atoms with Crippen LogP contribution < -0.4 is 5.56 Å². The van der Waals surface area contributed by atoms with Gasteiger partial charge in [-0.3, -0.25) is 9.59 Å². The number of fused-ring (bicyclic) bond motifs is 1. The Balaban J connectivity index is 1.90. The molecular formula is C15H10N4O2. The summed E-state index contributed by atoms with van der Waals surface area (Å²) in [6, 6.07) is 9.93. The zero-order valence-electron chi connectivity index (χ0n) is 10.9. The van der Waals surface area contributed by atoms with Crippen molar-refractivity contribution in [2.75, 3.05) is 0 Å². The van der Waals surface area contributed by atoms with Gasteiger partial charge in [0, 0.05) is 18.0 Å². The fourth-order valence-electron chi connectivity index (χ4n) is 2.06. The number of hydrogen-bond acceptors (Lipinski definition) is 4. The van der Waals surface area contributed by atoms with Crippen LogP contribution in [-0.4, -0.2) is 20.0 Å². The molecule has 0 fully saturated rings. The van der Waals surface area contributed by atoms with Gasteiger partial charge in [0.25, 0.3) is 5.56 Å². The third-order valence-corrected chi connectivity index (χ3v) is 3.19. The highest BCUT2D eigenvalue weighted by molar-refractivity contribution is 5.96. The van der Waals surface area contributed by atoms with Crippen molar-refractivity contribution in [1.82, 2.24) is 14.2 Å². The van der Waals surface area contributed by atoms with Crippen LogP contribution in [0.4, 0.5) is 0 Å². The first kappa shape index (κ1) is 12.8. The van der Waals surface area contributed by atoms with E-state index in [0.717, 1.165) is 0 Å². The number of carbonyl (C=O) groups excluding carboxylic acids is 1. The van der Waals surface area contributed by atoms with Gasteiger partial charge in [-0.1, -0.05) is 12.1 Å². The number of Topliss-reactive ketones (excluding diaryl/α,β-unsaturated/α-hetero) is 1. The van der Waals surface area contributed by atoms with Crippen LogP contribution >= 0.6 is 0 Å². The number of benzene rings is 1. The summed E-state index contributed by atoms with van der Waals surface area (Å²) < 4.78 is 2.81. The molecule has 0 spiro atoms. The molecule has 6 nitrogen and oxygen atoms in total. The van der Waals surface area contributed by atoms with E-state index in [9.17, 15) is 9.59 Å². The van der Waals surface area contributed by atoms with Crippen molar-refractivity contribution in [2.24, 2.45) is 0 Å². The van der Waals surface area contributed by atoms with E-state index in [2.05, 4.69) is 5.10 Å². The number of ketones is 1. The Bertz CT molecular complexity index is 913. The number of rotatable bonds is 3. The monoisotopic (exact) mass is 278 g/mol. The Labute approximate surface area is 119 Å². The van der Waals surface area contributed by atoms with Gasteiger partial charge < -0.3 is 4.57 Å². The predicted octanol–water partition coefficient (Wildman–Crippen LogP) is 1.25. The topological polar surface area (TPSA) is 80.2 Å². The van der Waals surface area contributed by atoms with Crippen LogP contribution in [0.3, 0.4) is 0 Å². The Kier molecular flexibility index (Phi) is 3.09. The SMILES string of the molecule is N#Cc1ccc(C(=O)Cn2ccn3nccc3c2=O)cc1. The Hall–Kier alpha value is -3.20. The average molecular weight is 278 g/mol. The standard InChI is InChI=1S/C15H10N4O2/c16-9-11-1-3-12(4-2-11)14(20)10-18-7-8-19-13(15(18)21)5-6-17-19/h1-8H,10H2. The van der Waals surface area contributed by atoms with Crippen LogP contribution in [-0.2, 0) is 6.54 Å². The highest BCUT2D eigenvalue weighted by atomic mass is 16.1. The minimum absolute atomic E-state index is 0.0492. The van der Waals surface area contributed by atoms with Gasteiger partial charge >= 0.3 is 0 Å². The molecule has 2 aromatic heterocycles. The third kappa shape index (κ3) is 2.32. The second kappa shape index (κ2) is 5.06. The van der Waals surface area contributed by atoms with Gasteiger partial charge in [0.1, 0.15) is 5.52 Å². The fourth-order valence-corrected chi connectivity index (χ4v) is 2.06. The minimum Gasteiger partial charge on any atom is -0.304 e. The maximum Gasteiger partial charge on any atom is 0.276 e. The number of nitriles is 1. The molecule has 2 heterocycles. The molecule has 6 heteroatoms. The van der Waals surface area contributed by atoms with E-state index < -0.39 is 0 Å². The molecule has 3 rings (SSSR count). The summed E-state index contributed by atoms with van der Waals surface area (Å²) in [5.74, 6) is -0.189. The van der Waals surface area contributed by atoms with Crippen molar-refractivity contribution >= 4 is 11.3 Å². The van der Waals surface area contributed by atoms with Crippen LogP contribution in [0.5, 0.6) is 0 Å². The van der Waals surface area contributed by atoms with E-state index >= 15 is 0 Å². The molecule has 1 aromatic carbocycles. The molecule has 0 aliphatic rings. The summed E-state index contributed by atoms with van der Waals surface area (Å²) in [4.78, 5) is 24.3. The molecule has 0 N–H and O–H groups in total. The van der Waals surface area contributed by atoms with E-state index in [1.165, 1.54) is 21.5 Å². The van der Waals surface area contributed by atoms with Gasteiger partial charge in [0.05, 0.1) is 24.4 Å². The summed E-state index contributed by atoms with van der Waals surface area (Å²) in [7, 11) is 0. The van der Waals surface area contributed by atoms with Crippen molar-refractivity contribution in [1.29, 1.82) is 5.26 Å². The van der Waals surface area contributed by atoms with E-state index in [0.29, 0.717) is 16.6 Å². The third-order valence-electron chi connectivity index (χ3n) is 3.19. The lowest BCUT2D eigenvalue weighted by molar-refractivity contribution is 0.0971. The maximum atomic E-state index is 12.2. The molecule has 21 heavy (non-hydrogen) atoms. The lowest BCUT2D eigenvalue weighted by Gasteiger charge is -2.05. The van der Waals surface area contributed by atoms with Crippen molar-refractivity contribution in [3.63, 3.8) is 0 Å². The van der Waals surface area contributed by atoms with Crippen LogP contribution in [0.1, 0.15) is 15.9 Å². The van der Waals surface area contributed by atoms with Gasteiger partial charge in [-0.15, -0.1) is 0 Å². The number of hydrogen-bond donors (Lipinski definition) is 0. The van der Waals surface area contributed by atoms with E-state index in [1.54, 1.807) is 36.5 Å². The first-order valence-corrected chi connectivity index (χ1v) is 6.25. The molecule has 0 amide bonds. The predicted molar refractivity (Wildman–Crippen MR) is 74.9 cm³/mol. The van der Waals surface area contributed by atoms with Gasteiger partial charge in [-0.05, 0) is 18.2 Å². The first-order chi connectivity index (χ1) is 10.2. The zero-order valence-corrected chi connectivity index (χ0v) is 10.9. The van der Waals surface area contributed by atoms with E-state index in [-0.39, 0.29) is 17.9 Å². The minimum atomic E-state index is -0.267. The molecule has 0 unspecified atom stereocenters.